The van der Waals surface area contributed by atoms with E-state index in [9.17, 15) is 9.59 Å². The van der Waals surface area contributed by atoms with Crippen molar-refractivity contribution in [3.8, 4) is 0 Å². The van der Waals surface area contributed by atoms with Crippen LogP contribution in [0.2, 0.25) is 0 Å². The van der Waals surface area contributed by atoms with Gasteiger partial charge in [-0.25, -0.2) is 9.78 Å². The normalized spacial score (nSPS) is 15.2. The SMILES string of the molecule is O=C(Cn1cncc1C(=O)O)Nc1ccc(C2CCCCC2)cc1. The predicted molar refractivity (Wildman–Crippen MR) is 90.1 cm³/mol. The van der Waals surface area contributed by atoms with Gasteiger partial charge in [0.1, 0.15) is 12.2 Å². The summed E-state index contributed by atoms with van der Waals surface area (Å²) < 4.78 is 1.31. The summed E-state index contributed by atoms with van der Waals surface area (Å²) in [5.41, 5.74) is 2.05. The van der Waals surface area contributed by atoms with Crippen LogP contribution in [-0.4, -0.2) is 26.5 Å². The van der Waals surface area contributed by atoms with E-state index >= 15 is 0 Å². The second kappa shape index (κ2) is 7.29. The first-order valence-electron chi connectivity index (χ1n) is 8.27. The number of aromatic carboxylic acids is 1. The van der Waals surface area contributed by atoms with Crippen LogP contribution in [0.15, 0.2) is 36.8 Å². The third kappa shape index (κ3) is 3.82. The lowest BCUT2D eigenvalue weighted by atomic mass is 9.84. The zero-order valence-electron chi connectivity index (χ0n) is 13.4. The van der Waals surface area contributed by atoms with Crippen LogP contribution in [0.3, 0.4) is 0 Å². The molecule has 6 nitrogen and oxygen atoms in total. The van der Waals surface area contributed by atoms with Gasteiger partial charge in [0.2, 0.25) is 5.91 Å². The number of benzene rings is 1. The fourth-order valence-corrected chi connectivity index (χ4v) is 3.25. The van der Waals surface area contributed by atoms with Gasteiger partial charge >= 0.3 is 5.97 Å². The number of hydrogen-bond acceptors (Lipinski definition) is 3. The molecule has 6 heteroatoms. The molecule has 1 aromatic carbocycles. The minimum Gasteiger partial charge on any atom is -0.477 e. The lowest BCUT2D eigenvalue weighted by Crippen LogP contribution is -2.20. The molecule has 0 saturated heterocycles. The van der Waals surface area contributed by atoms with Crippen LogP contribution in [0.5, 0.6) is 0 Å². The highest BCUT2D eigenvalue weighted by Crippen LogP contribution is 2.32. The van der Waals surface area contributed by atoms with Crippen molar-refractivity contribution in [2.75, 3.05) is 5.32 Å². The molecule has 1 saturated carbocycles. The molecule has 1 amide bonds. The molecule has 1 aliphatic rings. The Kier molecular flexibility index (Phi) is 4.93. The van der Waals surface area contributed by atoms with Gasteiger partial charge < -0.3 is 15.0 Å². The topological polar surface area (TPSA) is 84.2 Å². The van der Waals surface area contributed by atoms with Gasteiger partial charge in [-0.3, -0.25) is 4.79 Å². The molecule has 2 aromatic rings. The first-order chi connectivity index (χ1) is 11.6. The van der Waals surface area contributed by atoms with Crippen LogP contribution in [0, 0.1) is 0 Å². The van der Waals surface area contributed by atoms with Gasteiger partial charge in [-0.2, -0.15) is 0 Å². The molecule has 3 rings (SSSR count). The van der Waals surface area contributed by atoms with Gasteiger partial charge in [0.25, 0.3) is 0 Å². The average molecular weight is 327 g/mol. The van der Waals surface area contributed by atoms with Gasteiger partial charge in [0.15, 0.2) is 0 Å². The van der Waals surface area contributed by atoms with E-state index in [1.165, 1.54) is 54.8 Å². The highest BCUT2D eigenvalue weighted by Gasteiger charge is 2.16. The Morgan fingerprint density at radius 3 is 2.54 bits per heavy atom. The van der Waals surface area contributed by atoms with Crippen LogP contribution in [0.1, 0.15) is 54.1 Å². The van der Waals surface area contributed by atoms with E-state index in [0.29, 0.717) is 5.92 Å². The van der Waals surface area contributed by atoms with E-state index in [2.05, 4.69) is 22.4 Å². The van der Waals surface area contributed by atoms with Gasteiger partial charge in [-0.1, -0.05) is 31.4 Å². The molecular weight excluding hydrogens is 306 g/mol. The summed E-state index contributed by atoms with van der Waals surface area (Å²) in [7, 11) is 0. The summed E-state index contributed by atoms with van der Waals surface area (Å²) in [6.07, 6.45) is 8.97. The predicted octanol–water partition coefficient (Wildman–Crippen LogP) is 3.27. The molecule has 1 fully saturated rings. The quantitative estimate of drug-likeness (QED) is 0.883. The van der Waals surface area contributed by atoms with Gasteiger partial charge in [0.05, 0.1) is 12.5 Å². The summed E-state index contributed by atoms with van der Waals surface area (Å²) in [6, 6.07) is 7.97. The summed E-state index contributed by atoms with van der Waals surface area (Å²) >= 11 is 0. The number of hydrogen-bond donors (Lipinski definition) is 2. The first-order valence-corrected chi connectivity index (χ1v) is 8.27. The molecule has 2 N–H and O–H groups in total. The fourth-order valence-electron chi connectivity index (χ4n) is 3.25. The Morgan fingerprint density at radius 2 is 1.88 bits per heavy atom. The molecule has 0 bridgehead atoms. The molecule has 0 atom stereocenters. The number of nitrogens with zero attached hydrogens (tertiary/aromatic N) is 2. The van der Waals surface area contributed by atoms with Crippen LogP contribution in [-0.2, 0) is 11.3 Å². The van der Waals surface area contributed by atoms with E-state index in [1.54, 1.807) is 0 Å². The van der Waals surface area contributed by atoms with Crippen molar-refractivity contribution in [1.29, 1.82) is 0 Å². The zero-order chi connectivity index (χ0) is 16.9. The van der Waals surface area contributed by atoms with Crippen molar-refractivity contribution in [2.24, 2.45) is 0 Å². The van der Waals surface area contributed by atoms with E-state index in [4.69, 9.17) is 5.11 Å². The summed E-state index contributed by atoms with van der Waals surface area (Å²) in [4.78, 5) is 26.9. The van der Waals surface area contributed by atoms with Crippen molar-refractivity contribution in [3.63, 3.8) is 0 Å². The minimum absolute atomic E-state index is 0.00204. The molecule has 0 aliphatic heterocycles. The van der Waals surface area contributed by atoms with Crippen LogP contribution < -0.4 is 5.32 Å². The molecule has 1 aromatic heterocycles. The maximum Gasteiger partial charge on any atom is 0.354 e. The van der Waals surface area contributed by atoms with Gasteiger partial charge in [-0.15, -0.1) is 0 Å². The van der Waals surface area contributed by atoms with E-state index < -0.39 is 5.97 Å². The van der Waals surface area contributed by atoms with Gasteiger partial charge in [0, 0.05) is 5.69 Å². The van der Waals surface area contributed by atoms with Gasteiger partial charge in [-0.05, 0) is 36.5 Å². The van der Waals surface area contributed by atoms with Crippen LogP contribution >= 0.6 is 0 Å². The Morgan fingerprint density at radius 1 is 1.17 bits per heavy atom. The Balaban J connectivity index is 1.60. The summed E-state index contributed by atoms with van der Waals surface area (Å²) in [5.74, 6) is -0.745. The number of imidazole rings is 1. The standard InChI is InChI=1S/C18H21N3O3/c22-17(11-21-12-19-10-16(21)18(23)24)20-15-8-6-14(7-9-15)13-4-2-1-3-5-13/h6-10,12-13H,1-5,11H2,(H,20,22)(H,23,24). The second-order valence-corrected chi connectivity index (χ2v) is 6.22. The average Bonchev–Trinajstić information content (AvgIpc) is 3.04. The lowest BCUT2D eigenvalue weighted by Gasteiger charge is -2.22. The maximum absolute atomic E-state index is 12.1. The van der Waals surface area contributed by atoms with E-state index in [0.717, 1.165) is 5.69 Å². The molecule has 1 aliphatic carbocycles. The fraction of sp³-hybridized carbons (Fsp3) is 0.389. The number of rotatable bonds is 5. The van der Waals surface area contributed by atoms with Crippen LogP contribution in [0.25, 0.3) is 0 Å². The number of aromatic nitrogens is 2. The third-order valence-electron chi connectivity index (χ3n) is 4.52. The van der Waals surface area contributed by atoms with Crippen molar-refractivity contribution < 1.29 is 14.7 Å². The highest BCUT2D eigenvalue weighted by atomic mass is 16.4. The molecule has 0 radical (unpaired) electrons. The second-order valence-electron chi connectivity index (χ2n) is 6.22. The van der Waals surface area contributed by atoms with E-state index in [-0.39, 0.29) is 18.1 Å². The molecule has 0 unspecified atom stereocenters. The number of anilines is 1. The summed E-state index contributed by atoms with van der Waals surface area (Å²) in [6.45, 7) is -0.0774. The summed E-state index contributed by atoms with van der Waals surface area (Å²) in [5, 5.41) is 11.8. The highest BCUT2D eigenvalue weighted by molar-refractivity contribution is 5.92. The zero-order valence-corrected chi connectivity index (χ0v) is 13.4. The number of carbonyl (C=O) groups is 2. The minimum atomic E-state index is -1.10. The largest absolute Gasteiger partial charge is 0.477 e. The third-order valence-corrected chi connectivity index (χ3v) is 4.52. The Hall–Kier alpha value is -2.63. The van der Waals surface area contributed by atoms with E-state index in [1.807, 2.05) is 12.1 Å². The van der Waals surface area contributed by atoms with Crippen molar-refractivity contribution in [2.45, 2.75) is 44.6 Å². The number of carboxylic acid groups (broad SMARTS) is 1. The number of amides is 1. The maximum atomic E-state index is 12.1. The molecule has 0 spiro atoms. The lowest BCUT2D eigenvalue weighted by molar-refractivity contribution is -0.116. The first kappa shape index (κ1) is 16.2. The number of carbonyl (C=O) groups excluding carboxylic acids is 1. The van der Waals surface area contributed by atoms with Crippen molar-refractivity contribution in [3.05, 3.63) is 48.0 Å². The molecular formula is C18H21N3O3. The Bertz CT molecular complexity index is 715. The number of carboxylic acids is 1. The smallest absolute Gasteiger partial charge is 0.354 e. The monoisotopic (exact) mass is 327 g/mol. The van der Waals surface area contributed by atoms with Crippen molar-refractivity contribution in [1.82, 2.24) is 9.55 Å². The van der Waals surface area contributed by atoms with Crippen LogP contribution in [0.4, 0.5) is 5.69 Å². The number of nitrogens with one attached hydrogen (secondary N) is 1. The Labute approximate surface area is 140 Å². The molecule has 1 heterocycles. The molecule has 126 valence electrons. The van der Waals surface area contributed by atoms with Crippen molar-refractivity contribution >= 4 is 17.6 Å². The molecule has 24 heavy (non-hydrogen) atoms.